The summed E-state index contributed by atoms with van der Waals surface area (Å²) < 4.78 is 29.6. The lowest BCUT2D eigenvalue weighted by Crippen LogP contribution is -2.31. The highest BCUT2D eigenvalue weighted by Gasteiger charge is 2.22. The number of hydrogen-bond acceptors (Lipinski definition) is 6. The average Bonchev–Trinajstić information content (AvgIpc) is 3.21. The molecule has 1 N–H and O–H groups in total. The number of hydrogen-bond donors (Lipinski definition) is 1. The highest BCUT2D eigenvalue weighted by molar-refractivity contribution is 7.90. The second-order valence-corrected chi connectivity index (χ2v) is 11.9. The monoisotopic (exact) mass is 551 g/mol. The Hall–Kier alpha value is -3.43. The number of halogens is 1. The fraction of sp³-hybridized carbons (Fsp3) is 0.321. The summed E-state index contributed by atoms with van der Waals surface area (Å²) in [6.07, 6.45) is 3.64. The number of nitrogens with one attached hydrogen (secondary N) is 1. The number of piperidine rings is 1. The Kier molecular flexibility index (Phi) is 7.15. The zero-order chi connectivity index (χ0) is 27.0. The molecule has 0 spiro atoms. The van der Waals surface area contributed by atoms with Crippen LogP contribution in [0.5, 0.6) is 0 Å². The van der Waals surface area contributed by atoms with Gasteiger partial charge in [0.1, 0.15) is 17.0 Å². The highest BCUT2D eigenvalue weighted by Crippen LogP contribution is 2.28. The molecular formula is C28H30ClN5O3S. The van der Waals surface area contributed by atoms with E-state index in [2.05, 4.69) is 25.7 Å². The Bertz CT molecular complexity index is 1620. The van der Waals surface area contributed by atoms with Crippen molar-refractivity contribution in [2.24, 2.45) is 0 Å². The van der Waals surface area contributed by atoms with Crippen molar-refractivity contribution in [3.63, 3.8) is 0 Å². The van der Waals surface area contributed by atoms with Gasteiger partial charge in [-0.3, -0.25) is 4.79 Å². The van der Waals surface area contributed by atoms with Gasteiger partial charge in [0.15, 0.2) is 5.65 Å². The number of fused-ring (bicyclic) bond motifs is 1. The van der Waals surface area contributed by atoms with E-state index in [4.69, 9.17) is 11.6 Å². The Balaban J connectivity index is 1.44. The van der Waals surface area contributed by atoms with Crippen LogP contribution in [-0.4, -0.2) is 41.9 Å². The molecule has 0 atom stereocenters. The third kappa shape index (κ3) is 5.26. The number of benzene rings is 2. The lowest BCUT2D eigenvalue weighted by atomic mass is 10.1. The number of carbonyl (C=O) groups excluding carboxylic acids is 1. The van der Waals surface area contributed by atoms with E-state index in [1.54, 1.807) is 18.2 Å². The van der Waals surface area contributed by atoms with Gasteiger partial charge in [-0.2, -0.15) is 0 Å². The molecule has 3 heterocycles. The smallest absolute Gasteiger partial charge is 0.283 e. The van der Waals surface area contributed by atoms with Crippen molar-refractivity contribution in [2.45, 2.75) is 51.5 Å². The van der Waals surface area contributed by atoms with Gasteiger partial charge in [0.05, 0.1) is 11.4 Å². The first kappa shape index (κ1) is 26.2. The van der Waals surface area contributed by atoms with E-state index in [0.29, 0.717) is 22.7 Å². The molecule has 0 radical (unpaired) electrons. The number of rotatable bonds is 6. The molecule has 8 nitrogen and oxygen atoms in total. The number of aromatic nitrogens is 3. The van der Waals surface area contributed by atoms with Gasteiger partial charge >= 0.3 is 0 Å². The van der Waals surface area contributed by atoms with Crippen molar-refractivity contribution in [3.8, 4) is 0 Å². The van der Waals surface area contributed by atoms with Gasteiger partial charge in [0.2, 0.25) is 0 Å². The summed E-state index contributed by atoms with van der Waals surface area (Å²) in [5.41, 5.74) is 4.82. The van der Waals surface area contributed by atoms with Crippen LogP contribution < -0.4 is 9.62 Å². The topological polar surface area (TPSA) is 97.2 Å². The van der Waals surface area contributed by atoms with Crippen molar-refractivity contribution in [3.05, 3.63) is 81.8 Å². The van der Waals surface area contributed by atoms with Crippen molar-refractivity contribution in [2.75, 3.05) is 18.0 Å². The zero-order valence-corrected chi connectivity index (χ0v) is 23.2. The Morgan fingerprint density at radius 1 is 0.974 bits per heavy atom. The number of amides is 1. The lowest BCUT2D eigenvalue weighted by Gasteiger charge is -2.29. The second-order valence-electron chi connectivity index (χ2n) is 9.81. The Labute approximate surface area is 227 Å². The SMILES string of the molecule is Cc1ccc(S(=O)(=O)NC(=O)c2cc(C)c3nc(C)n(Cc4ccc(N5CCCCC5)cc4Cl)c3n2)cc1. The standard InChI is InChI=1S/C28H30ClN5O3S/c1-18-7-11-23(12-8-18)38(36,37)32-28(35)25-15-19(2)26-27(31-25)34(20(3)30-26)17-21-9-10-22(16-24(21)29)33-13-5-4-6-14-33/h7-12,15-16H,4-6,13-14,17H2,1-3H3,(H,32,35). The molecule has 2 aromatic carbocycles. The van der Waals surface area contributed by atoms with Crippen LogP contribution in [0.3, 0.4) is 0 Å². The largest absolute Gasteiger partial charge is 0.371 e. The van der Waals surface area contributed by atoms with Crippen molar-refractivity contribution in [1.82, 2.24) is 19.3 Å². The predicted molar refractivity (Wildman–Crippen MR) is 149 cm³/mol. The molecule has 0 unspecified atom stereocenters. The maximum Gasteiger partial charge on any atom is 0.283 e. The molecule has 1 aliphatic heterocycles. The number of aryl methyl sites for hydroxylation is 3. The van der Waals surface area contributed by atoms with E-state index >= 15 is 0 Å². The number of nitrogens with zero attached hydrogens (tertiary/aromatic N) is 4. The third-order valence-corrected chi connectivity index (χ3v) is 8.66. The van der Waals surface area contributed by atoms with E-state index in [9.17, 15) is 13.2 Å². The molecule has 1 aliphatic rings. The fourth-order valence-electron chi connectivity index (χ4n) is 4.79. The van der Waals surface area contributed by atoms with E-state index < -0.39 is 15.9 Å². The maximum absolute atomic E-state index is 13.0. The summed E-state index contributed by atoms with van der Waals surface area (Å²) in [5, 5.41) is 0.657. The maximum atomic E-state index is 13.0. The van der Waals surface area contributed by atoms with Gasteiger partial charge in [-0.15, -0.1) is 0 Å². The minimum absolute atomic E-state index is 0.00150. The van der Waals surface area contributed by atoms with Crippen LogP contribution in [0.1, 0.15) is 52.3 Å². The van der Waals surface area contributed by atoms with Crippen LogP contribution in [0.2, 0.25) is 5.02 Å². The quantitative estimate of drug-likeness (QED) is 0.355. The van der Waals surface area contributed by atoms with E-state index in [0.717, 1.165) is 41.3 Å². The number of pyridine rings is 1. The third-order valence-electron chi connectivity index (χ3n) is 6.96. The molecule has 1 amide bonds. The minimum atomic E-state index is -4.05. The number of anilines is 1. The van der Waals surface area contributed by atoms with Crippen LogP contribution in [-0.2, 0) is 16.6 Å². The molecule has 10 heteroatoms. The molecule has 2 aromatic heterocycles. The summed E-state index contributed by atoms with van der Waals surface area (Å²) in [6.45, 7) is 8.05. The van der Waals surface area contributed by atoms with Gasteiger partial charge in [-0.05, 0) is 81.5 Å². The first-order chi connectivity index (χ1) is 18.1. The van der Waals surface area contributed by atoms with Crippen molar-refractivity contribution < 1.29 is 13.2 Å². The van der Waals surface area contributed by atoms with Crippen LogP contribution in [0.25, 0.3) is 11.2 Å². The van der Waals surface area contributed by atoms with Gasteiger partial charge < -0.3 is 9.47 Å². The summed E-state index contributed by atoms with van der Waals surface area (Å²) in [7, 11) is -4.05. The van der Waals surface area contributed by atoms with Gasteiger partial charge in [0, 0.05) is 23.8 Å². The van der Waals surface area contributed by atoms with Crippen LogP contribution in [0, 0.1) is 20.8 Å². The molecule has 5 rings (SSSR count). The predicted octanol–water partition coefficient (Wildman–Crippen LogP) is 5.17. The molecule has 1 saturated heterocycles. The average molecular weight is 552 g/mol. The Morgan fingerprint density at radius 2 is 1.68 bits per heavy atom. The van der Waals surface area contributed by atoms with Crippen molar-refractivity contribution in [1.29, 1.82) is 0 Å². The highest BCUT2D eigenvalue weighted by atomic mass is 35.5. The minimum Gasteiger partial charge on any atom is -0.371 e. The fourth-order valence-corrected chi connectivity index (χ4v) is 5.99. The van der Waals surface area contributed by atoms with Crippen molar-refractivity contribution >= 4 is 44.4 Å². The van der Waals surface area contributed by atoms with E-state index in [1.165, 1.54) is 31.4 Å². The van der Waals surface area contributed by atoms with E-state index in [1.807, 2.05) is 37.5 Å². The molecule has 0 bridgehead atoms. The first-order valence-corrected chi connectivity index (χ1v) is 14.5. The molecule has 0 aliphatic carbocycles. The molecule has 0 saturated carbocycles. The zero-order valence-electron chi connectivity index (χ0n) is 21.7. The van der Waals surface area contributed by atoms with E-state index in [-0.39, 0.29) is 10.6 Å². The summed E-state index contributed by atoms with van der Waals surface area (Å²) in [6, 6.07) is 14.0. The Morgan fingerprint density at radius 3 is 2.37 bits per heavy atom. The number of imidazole rings is 1. The van der Waals surface area contributed by atoms with Gasteiger partial charge in [-0.1, -0.05) is 35.4 Å². The second kappa shape index (κ2) is 10.4. The summed E-state index contributed by atoms with van der Waals surface area (Å²) in [5.74, 6) is -0.0819. The number of sulfonamides is 1. The van der Waals surface area contributed by atoms with Gasteiger partial charge in [0.25, 0.3) is 15.9 Å². The van der Waals surface area contributed by atoms with Crippen LogP contribution in [0.15, 0.2) is 53.4 Å². The molecular weight excluding hydrogens is 522 g/mol. The number of carbonyl (C=O) groups is 1. The molecule has 4 aromatic rings. The molecule has 38 heavy (non-hydrogen) atoms. The molecule has 198 valence electrons. The summed E-state index contributed by atoms with van der Waals surface area (Å²) >= 11 is 6.71. The molecule has 1 fully saturated rings. The van der Waals surface area contributed by atoms with Gasteiger partial charge in [-0.25, -0.2) is 23.1 Å². The lowest BCUT2D eigenvalue weighted by molar-refractivity contribution is 0.0976. The first-order valence-electron chi connectivity index (χ1n) is 12.6. The van der Waals surface area contributed by atoms with Crippen LogP contribution in [0.4, 0.5) is 5.69 Å². The summed E-state index contributed by atoms with van der Waals surface area (Å²) in [4.78, 5) is 24.6. The van der Waals surface area contributed by atoms with Crippen LogP contribution >= 0.6 is 11.6 Å². The normalized spacial score (nSPS) is 14.2.